The van der Waals surface area contributed by atoms with E-state index in [4.69, 9.17) is 18.9 Å². The monoisotopic (exact) mass is 671 g/mol. The second kappa shape index (κ2) is 11.1. The number of fused-ring (bicyclic) bond motifs is 4. The highest BCUT2D eigenvalue weighted by molar-refractivity contribution is 5.66. The number of morpholine rings is 1. The fourth-order valence-corrected chi connectivity index (χ4v) is 14.8. The van der Waals surface area contributed by atoms with Crippen molar-refractivity contribution < 1.29 is 34.0 Å². The van der Waals surface area contributed by atoms with Gasteiger partial charge in [-0.25, -0.2) is 0 Å². The normalized spacial score (nSPS) is 52.1. The Hall–Kier alpha value is -0.770. The van der Waals surface area contributed by atoms with Crippen molar-refractivity contribution >= 4 is 5.97 Å². The van der Waals surface area contributed by atoms with Gasteiger partial charge in [-0.1, -0.05) is 41.0 Å². The van der Waals surface area contributed by atoms with Crippen molar-refractivity contribution in [2.75, 3.05) is 19.7 Å². The van der Waals surface area contributed by atoms with Gasteiger partial charge in [0, 0.05) is 31.5 Å². The molecule has 2 spiro atoms. The Kier molecular flexibility index (Phi) is 7.95. The van der Waals surface area contributed by atoms with Gasteiger partial charge >= 0.3 is 5.97 Å². The summed E-state index contributed by atoms with van der Waals surface area (Å²) in [7, 11) is 0. The van der Waals surface area contributed by atoms with Gasteiger partial charge in [0.25, 0.3) is 0 Å². The molecular weight excluding hydrogens is 606 g/mol. The molecule has 2 heterocycles. The van der Waals surface area contributed by atoms with Crippen LogP contribution in [0.25, 0.3) is 0 Å². The third-order valence-electron chi connectivity index (χ3n) is 17.3. The molecule has 2 N–H and O–H groups in total. The molecule has 8 heteroatoms. The summed E-state index contributed by atoms with van der Waals surface area (Å²) < 4.78 is 25.8. The summed E-state index contributed by atoms with van der Waals surface area (Å²) >= 11 is 0. The maximum absolute atomic E-state index is 12.6. The first-order valence-corrected chi connectivity index (χ1v) is 19.7. The number of aliphatic hydroxyl groups is 2. The molecule has 272 valence electrons. The zero-order chi connectivity index (χ0) is 34.2. The molecular formula is C40H65NO7. The molecule has 9 aliphatic rings. The van der Waals surface area contributed by atoms with Gasteiger partial charge in [0.15, 0.2) is 12.4 Å². The maximum atomic E-state index is 12.6. The van der Waals surface area contributed by atoms with Crippen LogP contribution in [-0.4, -0.2) is 89.2 Å². The lowest BCUT2D eigenvalue weighted by Crippen LogP contribution is -2.76. The predicted molar refractivity (Wildman–Crippen MR) is 182 cm³/mol. The van der Waals surface area contributed by atoms with Crippen LogP contribution < -0.4 is 0 Å². The molecule has 0 aromatic carbocycles. The summed E-state index contributed by atoms with van der Waals surface area (Å²) in [4.78, 5) is 14.7. The molecule has 9 rings (SSSR count). The van der Waals surface area contributed by atoms with E-state index < -0.39 is 29.9 Å². The van der Waals surface area contributed by atoms with Crippen LogP contribution in [0.1, 0.15) is 126 Å². The van der Waals surface area contributed by atoms with E-state index in [1.165, 1.54) is 51.9 Å². The average Bonchev–Trinajstić information content (AvgIpc) is 3.16. The summed E-state index contributed by atoms with van der Waals surface area (Å²) in [6.45, 7) is 19.7. The van der Waals surface area contributed by atoms with Gasteiger partial charge in [0.1, 0.15) is 0 Å². The second-order valence-corrected chi connectivity index (χ2v) is 19.7. The molecule has 7 aliphatic carbocycles. The number of aliphatic hydroxyl groups excluding tert-OH is 1. The largest absolute Gasteiger partial charge is 0.457 e. The lowest BCUT2D eigenvalue weighted by atomic mass is 9.23. The van der Waals surface area contributed by atoms with E-state index in [-0.39, 0.29) is 57.4 Å². The van der Waals surface area contributed by atoms with E-state index in [0.29, 0.717) is 18.3 Å². The van der Waals surface area contributed by atoms with Crippen molar-refractivity contribution in [1.82, 2.24) is 4.90 Å². The number of hydrogen-bond donors (Lipinski definition) is 2. The van der Waals surface area contributed by atoms with Crippen molar-refractivity contribution in [2.24, 2.45) is 50.7 Å². The molecule has 2 bridgehead atoms. The van der Waals surface area contributed by atoms with Crippen LogP contribution in [0.15, 0.2) is 0 Å². The molecule has 2 saturated heterocycles. The van der Waals surface area contributed by atoms with Crippen LogP contribution in [-0.2, 0) is 23.7 Å². The number of nitrogens with zero attached hydrogens (tertiary/aromatic N) is 1. The first-order valence-electron chi connectivity index (χ1n) is 19.7. The van der Waals surface area contributed by atoms with Gasteiger partial charge in [-0.05, 0) is 123 Å². The average molecular weight is 672 g/mol. The van der Waals surface area contributed by atoms with Crippen LogP contribution in [0, 0.1) is 50.7 Å². The van der Waals surface area contributed by atoms with E-state index in [1.807, 2.05) is 0 Å². The van der Waals surface area contributed by atoms with Crippen LogP contribution >= 0.6 is 0 Å². The summed E-state index contributed by atoms with van der Waals surface area (Å²) in [6.07, 6.45) is 10.9. The van der Waals surface area contributed by atoms with Crippen molar-refractivity contribution in [1.29, 1.82) is 0 Å². The Morgan fingerprint density at radius 3 is 2.44 bits per heavy atom. The van der Waals surface area contributed by atoms with E-state index in [9.17, 15) is 15.0 Å². The number of carbonyl (C=O) groups excluding carboxylic acids is 1. The quantitative estimate of drug-likeness (QED) is 0.327. The molecule has 14 unspecified atom stereocenters. The highest BCUT2D eigenvalue weighted by atomic mass is 16.7. The fraction of sp³-hybridized carbons (Fsp3) is 0.975. The molecule has 0 aromatic heterocycles. The van der Waals surface area contributed by atoms with Gasteiger partial charge in [-0.3, -0.25) is 9.69 Å². The lowest BCUT2D eigenvalue weighted by Gasteiger charge is -2.81. The van der Waals surface area contributed by atoms with Crippen LogP contribution in [0.3, 0.4) is 0 Å². The van der Waals surface area contributed by atoms with Gasteiger partial charge < -0.3 is 29.2 Å². The predicted octanol–water partition coefficient (Wildman–Crippen LogP) is 6.10. The Bertz CT molecular complexity index is 1280. The van der Waals surface area contributed by atoms with Crippen LogP contribution in [0.4, 0.5) is 0 Å². The number of ether oxygens (including phenoxy) is 4. The summed E-state index contributed by atoms with van der Waals surface area (Å²) in [5.74, 6) is 1.22. The minimum absolute atomic E-state index is 0.0426. The van der Waals surface area contributed by atoms with Crippen molar-refractivity contribution in [3.05, 3.63) is 0 Å². The van der Waals surface area contributed by atoms with Crippen LogP contribution in [0.5, 0.6) is 0 Å². The van der Waals surface area contributed by atoms with E-state index in [2.05, 4.69) is 39.5 Å². The lowest BCUT2D eigenvalue weighted by molar-refractivity contribution is -0.356. The van der Waals surface area contributed by atoms with Gasteiger partial charge in [0.2, 0.25) is 0 Å². The first kappa shape index (κ1) is 34.3. The highest BCUT2D eigenvalue weighted by Gasteiger charge is 2.82. The molecule has 0 aromatic rings. The number of esters is 1. The third kappa shape index (κ3) is 4.44. The Morgan fingerprint density at radius 1 is 1.02 bits per heavy atom. The van der Waals surface area contributed by atoms with Gasteiger partial charge in [-0.15, -0.1) is 0 Å². The van der Waals surface area contributed by atoms with Gasteiger partial charge in [-0.2, -0.15) is 0 Å². The number of hydrogen-bond acceptors (Lipinski definition) is 8. The molecule has 8 nitrogen and oxygen atoms in total. The Balaban J connectivity index is 1.03. The minimum atomic E-state index is -1.25. The maximum Gasteiger partial charge on any atom is 0.303 e. The first-order chi connectivity index (χ1) is 22.5. The van der Waals surface area contributed by atoms with E-state index in [0.717, 1.165) is 45.0 Å². The molecule has 9 fully saturated rings. The van der Waals surface area contributed by atoms with Gasteiger partial charge in [0.05, 0.1) is 36.6 Å². The molecule has 2 aliphatic heterocycles. The second-order valence-electron chi connectivity index (χ2n) is 19.7. The Morgan fingerprint density at radius 2 is 1.77 bits per heavy atom. The molecule has 14 atom stereocenters. The number of rotatable bonds is 6. The highest BCUT2D eigenvalue weighted by Crippen LogP contribution is 2.86. The summed E-state index contributed by atoms with van der Waals surface area (Å²) in [5.41, 5.74) is -0.926. The molecule has 0 radical (unpaired) electrons. The topological polar surface area (TPSA) is 97.7 Å². The molecule has 48 heavy (non-hydrogen) atoms. The Labute approximate surface area is 289 Å². The number of carbonyl (C=O) groups is 1. The SMILES string of the molecule is CC(=O)OC(C1CC(C)C2C(O1)C(O)C1(C)C3CCC45CC3(CCC21C)C4CCC(OC1CN(C2CCC2)CCO1)C5(C)C)C(C)(C)O. The van der Waals surface area contributed by atoms with Crippen molar-refractivity contribution in [2.45, 2.75) is 174 Å². The zero-order valence-corrected chi connectivity index (χ0v) is 31.1. The standard InChI is InChI=1S/C40H65NO7/c1-23-20-26(34(36(5,6)44)46-24(2)42)47-32-31(23)37(7)16-17-39-22-40(15-14-27(39)38(37,8)33(32)43)28(39)12-13-29(35(40,3)4)48-30-21-41(18-19-45-30)25-10-9-11-25/h23,25-34,43-44H,9-22H2,1-8H3. The van der Waals surface area contributed by atoms with Crippen molar-refractivity contribution in [3.63, 3.8) is 0 Å². The summed E-state index contributed by atoms with van der Waals surface area (Å²) in [5, 5.41) is 23.6. The summed E-state index contributed by atoms with van der Waals surface area (Å²) in [6, 6.07) is 0.730. The molecule has 7 saturated carbocycles. The van der Waals surface area contributed by atoms with E-state index >= 15 is 0 Å². The third-order valence-corrected chi connectivity index (χ3v) is 17.3. The molecule has 0 amide bonds. The fourth-order valence-electron chi connectivity index (χ4n) is 14.8. The minimum Gasteiger partial charge on any atom is -0.457 e. The van der Waals surface area contributed by atoms with Crippen molar-refractivity contribution in [3.8, 4) is 0 Å². The zero-order valence-electron chi connectivity index (χ0n) is 31.1. The van der Waals surface area contributed by atoms with E-state index in [1.54, 1.807) is 13.8 Å². The smallest absolute Gasteiger partial charge is 0.303 e. The van der Waals surface area contributed by atoms with Crippen LogP contribution in [0.2, 0.25) is 0 Å².